The predicted octanol–water partition coefficient (Wildman–Crippen LogP) is 1.81. The molecule has 0 aromatic rings. The van der Waals surface area contributed by atoms with Crippen LogP contribution in [0.5, 0.6) is 0 Å². The Kier molecular flexibility index (Phi) is 5.54. The van der Waals surface area contributed by atoms with E-state index in [2.05, 4.69) is 12.2 Å². The highest BCUT2D eigenvalue weighted by atomic mass is 16.5. The zero-order chi connectivity index (χ0) is 14.7. The summed E-state index contributed by atoms with van der Waals surface area (Å²) in [6, 6.07) is 0.697. The first kappa shape index (κ1) is 15.7. The van der Waals surface area contributed by atoms with Crippen LogP contribution in [0.1, 0.15) is 39.0 Å². The predicted molar refractivity (Wildman–Crippen MR) is 82.2 cm³/mol. The number of hydrogen-bond donors (Lipinski definition) is 2. The maximum absolute atomic E-state index is 9.95. The minimum atomic E-state index is -0.389. The van der Waals surface area contributed by atoms with E-state index in [0.29, 0.717) is 32.4 Å². The standard InChI is InChI=1S/C17H31NO3/c1-2-3-6-20-7-8-21-11-14(19)10-18-17-15-12-4-5-13(9-12)16(15)17/h12-19H,2-11H2,1H3. The van der Waals surface area contributed by atoms with E-state index in [1.54, 1.807) is 0 Å². The van der Waals surface area contributed by atoms with Crippen molar-refractivity contribution in [3.05, 3.63) is 0 Å². The molecular weight excluding hydrogens is 266 g/mol. The molecule has 0 spiro atoms. The van der Waals surface area contributed by atoms with Crippen LogP contribution >= 0.6 is 0 Å². The van der Waals surface area contributed by atoms with E-state index in [1.807, 2.05) is 0 Å². The lowest BCUT2D eigenvalue weighted by Crippen LogP contribution is -2.34. The number of aliphatic hydroxyl groups excluding tert-OH is 1. The Hall–Kier alpha value is -0.160. The molecule has 21 heavy (non-hydrogen) atoms. The van der Waals surface area contributed by atoms with Crippen molar-refractivity contribution in [3.8, 4) is 0 Å². The van der Waals surface area contributed by atoms with Crippen molar-refractivity contribution in [1.29, 1.82) is 0 Å². The SMILES string of the molecule is CCCCOCCOCC(O)CNC1C2C3CCC(C3)C12. The van der Waals surface area contributed by atoms with E-state index >= 15 is 0 Å². The van der Waals surface area contributed by atoms with Gasteiger partial charge >= 0.3 is 0 Å². The Bertz CT molecular complexity index is 309. The number of rotatable bonds is 11. The topological polar surface area (TPSA) is 50.7 Å². The smallest absolute Gasteiger partial charge is 0.0897 e. The molecule has 0 aromatic heterocycles. The highest BCUT2D eigenvalue weighted by Crippen LogP contribution is 2.65. The fourth-order valence-corrected chi connectivity index (χ4v) is 4.61. The van der Waals surface area contributed by atoms with Crippen LogP contribution in [0.15, 0.2) is 0 Å². The van der Waals surface area contributed by atoms with Crippen LogP contribution in [0, 0.1) is 23.7 Å². The highest BCUT2D eigenvalue weighted by Gasteiger charge is 2.64. The highest BCUT2D eigenvalue weighted by molar-refractivity contribution is 5.16. The summed E-state index contributed by atoms with van der Waals surface area (Å²) >= 11 is 0. The number of aliphatic hydroxyl groups is 1. The van der Waals surface area contributed by atoms with Crippen molar-refractivity contribution in [3.63, 3.8) is 0 Å². The van der Waals surface area contributed by atoms with E-state index < -0.39 is 0 Å². The molecule has 0 radical (unpaired) electrons. The van der Waals surface area contributed by atoms with Gasteiger partial charge in [-0.25, -0.2) is 0 Å². The monoisotopic (exact) mass is 297 g/mol. The molecule has 4 heteroatoms. The van der Waals surface area contributed by atoms with E-state index in [1.165, 1.54) is 19.3 Å². The van der Waals surface area contributed by atoms with Crippen LogP contribution in [0.25, 0.3) is 0 Å². The first-order valence-corrected chi connectivity index (χ1v) is 8.88. The van der Waals surface area contributed by atoms with Crippen LogP contribution in [0.2, 0.25) is 0 Å². The summed E-state index contributed by atoms with van der Waals surface area (Å²) in [5, 5.41) is 13.5. The first-order chi connectivity index (χ1) is 10.3. The summed E-state index contributed by atoms with van der Waals surface area (Å²) in [5.41, 5.74) is 0. The van der Waals surface area contributed by atoms with Gasteiger partial charge in [-0.2, -0.15) is 0 Å². The third kappa shape index (κ3) is 3.79. The van der Waals surface area contributed by atoms with Gasteiger partial charge in [-0.3, -0.25) is 0 Å². The summed E-state index contributed by atoms with van der Waals surface area (Å²) in [7, 11) is 0. The van der Waals surface area contributed by atoms with Gasteiger partial charge in [-0.15, -0.1) is 0 Å². The molecular formula is C17H31NO3. The van der Waals surface area contributed by atoms with Gasteiger partial charge in [0.15, 0.2) is 0 Å². The molecule has 0 saturated heterocycles. The second-order valence-electron chi connectivity index (χ2n) is 7.12. The zero-order valence-corrected chi connectivity index (χ0v) is 13.3. The molecule has 3 aliphatic rings. The fraction of sp³-hybridized carbons (Fsp3) is 1.00. The Morgan fingerprint density at radius 2 is 1.81 bits per heavy atom. The molecule has 0 aliphatic heterocycles. The van der Waals surface area contributed by atoms with Crippen molar-refractivity contribution in [2.45, 2.75) is 51.2 Å². The van der Waals surface area contributed by atoms with Crippen LogP contribution in [-0.2, 0) is 9.47 Å². The second-order valence-corrected chi connectivity index (χ2v) is 7.12. The molecule has 3 aliphatic carbocycles. The van der Waals surface area contributed by atoms with Gasteiger partial charge in [0.1, 0.15) is 0 Å². The molecule has 3 fully saturated rings. The van der Waals surface area contributed by atoms with Crippen LogP contribution in [-0.4, -0.2) is 50.2 Å². The van der Waals surface area contributed by atoms with E-state index in [-0.39, 0.29) is 6.10 Å². The largest absolute Gasteiger partial charge is 0.389 e. The molecule has 5 atom stereocenters. The number of hydrogen-bond acceptors (Lipinski definition) is 4. The summed E-state index contributed by atoms with van der Waals surface area (Å²) in [5.74, 6) is 3.85. The van der Waals surface area contributed by atoms with Gasteiger partial charge in [-0.05, 0) is 49.4 Å². The molecule has 2 bridgehead atoms. The van der Waals surface area contributed by atoms with Crippen molar-refractivity contribution < 1.29 is 14.6 Å². The summed E-state index contributed by atoms with van der Waals surface area (Å²) < 4.78 is 10.9. The second kappa shape index (κ2) is 7.40. The van der Waals surface area contributed by atoms with E-state index in [4.69, 9.17) is 9.47 Å². The van der Waals surface area contributed by atoms with Crippen molar-refractivity contribution in [2.75, 3.05) is 33.0 Å². The van der Waals surface area contributed by atoms with Crippen molar-refractivity contribution >= 4 is 0 Å². The minimum Gasteiger partial charge on any atom is -0.389 e. The minimum absolute atomic E-state index is 0.389. The molecule has 0 aromatic carbocycles. The Labute approximate surface area is 128 Å². The van der Waals surface area contributed by atoms with Gasteiger partial charge < -0.3 is 19.9 Å². The molecule has 3 rings (SSSR count). The van der Waals surface area contributed by atoms with Crippen molar-refractivity contribution in [2.24, 2.45) is 23.7 Å². The van der Waals surface area contributed by atoms with E-state index in [9.17, 15) is 5.11 Å². The molecule has 0 amide bonds. The van der Waals surface area contributed by atoms with Gasteiger partial charge in [0.2, 0.25) is 0 Å². The normalized spacial score (nSPS) is 37.7. The number of nitrogens with one attached hydrogen (secondary N) is 1. The third-order valence-electron chi connectivity index (χ3n) is 5.65. The summed E-state index contributed by atoms with van der Waals surface area (Å²) in [6.07, 6.45) is 6.27. The Balaban J connectivity index is 1.18. The van der Waals surface area contributed by atoms with Crippen molar-refractivity contribution in [1.82, 2.24) is 5.32 Å². The molecule has 0 heterocycles. The number of ether oxygens (including phenoxy) is 2. The number of unbranched alkanes of at least 4 members (excludes halogenated alkanes) is 1. The Morgan fingerprint density at radius 3 is 2.52 bits per heavy atom. The molecule has 122 valence electrons. The maximum Gasteiger partial charge on any atom is 0.0897 e. The van der Waals surface area contributed by atoms with Gasteiger partial charge in [0.25, 0.3) is 0 Å². The average Bonchev–Trinajstić information content (AvgIpc) is 2.87. The first-order valence-electron chi connectivity index (χ1n) is 8.88. The molecule has 4 nitrogen and oxygen atoms in total. The molecule has 3 saturated carbocycles. The summed E-state index contributed by atoms with van der Waals surface area (Å²) in [6.45, 7) is 5.28. The lowest BCUT2D eigenvalue weighted by Gasteiger charge is -2.15. The van der Waals surface area contributed by atoms with Gasteiger partial charge in [-0.1, -0.05) is 13.3 Å². The lowest BCUT2D eigenvalue weighted by molar-refractivity contribution is 0.00357. The average molecular weight is 297 g/mol. The van der Waals surface area contributed by atoms with Crippen LogP contribution in [0.3, 0.4) is 0 Å². The zero-order valence-electron chi connectivity index (χ0n) is 13.3. The fourth-order valence-electron chi connectivity index (χ4n) is 4.61. The maximum atomic E-state index is 9.95. The van der Waals surface area contributed by atoms with Crippen LogP contribution in [0.4, 0.5) is 0 Å². The number of fused-ring (bicyclic) bond motifs is 5. The van der Waals surface area contributed by atoms with Crippen LogP contribution < -0.4 is 5.32 Å². The third-order valence-corrected chi connectivity index (χ3v) is 5.65. The lowest BCUT2D eigenvalue weighted by atomic mass is 10.0. The van der Waals surface area contributed by atoms with Gasteiger partial charge in [0.05, 0.1) is 25.9 Å². The van der Waals surface area contributed by atoms with E-state index in [0.717, 1.165) is 43.1 Å². The summed E-state index contributed by atoms with van der Waals surface area (Å²) in [4.78, 5) is 0. The molecule has 5 unspecified atom stereocenters. The van der Waals surface area contributed by atoms with Gasteiger partial charge in [0, 0.05) is 19.2 Å². The quantitative estimate of drug-likeness (QED) is 0.571. The Morgan fingerprint density at radius 1 is 1.10 bits per heavy atom. The molecule has 2 N–H and O–H groups in total.